The molecule has 1 saturated heterocycles. The lowest BCUT2D eigenvalue weighted by atomic mass is 10.1. The van der Waals surface area contributed by atoms with E-state index in [-0.39, 0.29) is 12.5 Å². The lowest BCUT2D eigenvalue weighted by molar-refractivity contribution is 0.230. The van der Waals surface area contributed by atoms with E-state index in [1.807, 2.05) is 36.4 Å². The fourth-order valence-electron chi connectivity index (χ4n) is 1.81. The molecule has 1 N–H and O–H groups in total. The topological polar surface area (TPSA) is 46.5 Å². The van der Waals surface area contributed by atoms with Crippen molar-refractivity contribution in [2.45, 2.75) is 6.42 Å². The fraction of sp³-hybridized carbons (Fsp3) is 0.333. The molecule has 80 valence electrons. The van der Waals surface area contributed by atoms with Gasteiger partial charge in [-0.05, 0) is 18.1 Å². The number of nitrogens with zero attached hydrogens (tertiary/aromatic N) is 1. The quantitative estimate of drug-likeness (QED) is 0.799. The second-order valence-electron chi connectivity index (χ2n) is 3.86. The molecule has 0 aliphatic carbocycles. The number of aliphatic hydroxyl groups excluding tert-OH is 1. The van der Waals surface area contributed by atoms with Gasteiger partial charge in [0.15, 0.2) is 0 Å². The molecule has 15 heavy (non-hydrogen) atoms. The number of allylic oxidation sites excluding steroid dienone is 1. The third kappa shape index (κ3) is 2.37. The van der Waals surface area contributed by atoms with Gasteiger partial charge < -0.3 is 15.4 Å². The van der Waals surface area contributed by atoms with E-state index in [4.69, 9.17) is 5.11 Å². The van der Waals surface area contributed by atoms with Crippen LogP contribution in [-0.2, 0) is 0 Å². The maximum absolute atomic E-state index is 11.5. The molecule has 0 radical (unpaired) electrons. The Morgan fingerprint density at radius 2 is 2.13 bits per heavy atom. The van der Waals surface area contributed by atoms with Gasteiger partial charge >= 0.3 is 0 Å². The van der Waals surface area contributed by atoms with Gasteiger partial charge in [0.1, 0.15) is 0 Å². The van der Waals surface area contributed by atoms with Crippen LogP contribution in [0.5, 0.6) is 0 Å². The first-order valence-electron chi connectivity index (χ1n) is 5.10. The molecule has 0 bridgehead atoms. The van der Waals surface area contributed by atoms with Crippen LogP contribution in [0.15, 0.2) is 36.0 Å². The van der Waals surface area contributed by atoms with Gasteiger partial charge in [-0.15, -0.1) is 0 Å². The number of hydrogen-bond acceptors (Lipinski definition) is 3. The van der Waals surface area contributed by atoms with E-state index in [1.54, 1.807) is 0 Å². The Labute approximate surface area is 89.2 Å². The monoisotopic (exact) mass is 204 g/mol. The van der Waals surface area contributed by atoms with Crippen LogP contribution in [0.25, 0.3) is 6.08 Å². The van der Waals surface area contributed by atoms with Gasteiger partial charge in [-0.2, -0.15) is 0 Å². The zero-order valence-corrected chi connectivity index (χ0v) is 8.47. The van der Waals surface area contributed by atoms with Crippen LogP contribution in [0, 0.1) is 11.1 Å². The standard InChI is InChI=1S/C12H14NO2/c14-9-11-7-12(13(15)8-11)6-10-4-2-1-3-5-10/h1-6,11,14H,7-9H2/q-1. The summed E-state index contributed by atoms with van der Waals surface area (Å²) in [7, 11) is 0. The first-order valence-corrected chi connectivity index (χ1v) is 5.10. The smallest absolute Gasteiger partial charge is 0.0479 e. The van der Waals surface area contributed by atoms with Gasteiger partial charge in [0, 0.05) is 24.8 Å². The summed E-state index contributed by atoms with van der Waals surface area (Å²) in [4.78, 5) is 0. The summed E-state index contributed by atoms with van der Waals surface area (Å²) < 4.78 is 0. The van der Waals surface area contributed by atoms with Crippen LogP contribution in [0.2, 0.25) is 0 Å². The van der Waals surface area contributed by atoms with Crippen molar-refractivity contribution in [3.8, 4) is 0 Å². The second-order valence-corrected chi connectivity index (χ2v) is 3.86. The molecule has 1 fully saturated rings. The summed E-state index contributed by atoms with van der Waals surface area (Å²) in [6.07, 6.45) is 2.57. The summed E-state index contributed by atoms with van der Waals surface area (Å²) >= 11 is 0. The van der Waals surface area contributed by atoms with Crippen LogP contribution in [0.4, 0.5) is 0 Å². The van der Waals surface area contributed by atoms with E-state index in [9.17, 15) is 5.21 Å². The van der Waals surface area contributed by atoms with E-state index < -0.39 is 0 Å². The van der Waals surface area contributed by atoms with Gasteiger partial charge in [-0.3, -0.25) is 0 Å². The molecule has 2 rings (SSSR count). The number of benzene rings is 1. The minimum absolute atomic E-state index is 0.0882. The Hall–Kier alpha value is -1.32. The molecule has 1 aliphatic heterocycles. The molecule has 1 heterocycles. The molecule has 0 spiro atoms. The van der Waals surface area contributed by atoms with Crippen molar-refractivity contribution >= 4 is 6.08 Å². The molecule has 1 aromatic rings. The Bertz CT molecular complexity index is 348. The van der Waals surface area contributed by atoms with Crippen molar-refractivity contribution in [2.24, 2.45) is 5.92 Å². The van der Waals surface area contributed by atoms with Crippen molar-refractivity contribution < 1.29 is 5.11 Å². The van der Waals surface area contributed by atoms with Crippen LogP contribution < -0.4 is 0 Å². The van der Waals surface area contributed by atoms with Crippen LogP contribution in [-0.4, -0.2) is 23.3 Å². The number of rotatable bonds is 2. The third-order valence-electron chi connectivity index (χ3n) is 2.63. The average Bonchev–Trinajstić information content (AvgIpc) is 2.61. The van der Waals surface area contributed by atoms with Crippen molar-refractivity contribution in [3.05, 3.63) is 46.8 Å². The normalized spacial score (nSPS) is 23.7. The van der Waals surface area contributed by atoms with E-state index in [0.29, 0.717) is 13.0 Å². The number of hydroxylamine groups is 2. The Kier molecular flexibility index (Phi) is 3.04. The highest BCUT2D eigenvalue weighted by atomic mass is 16.5. The SMILES string of the molecule is [O-]N1CC(CO)CC1=Cc1ccccc1. The summed E-state index contributed by atoms with van der Waals surface area (Å²) in [6, 6.07) is 9.77. The van der Waals surface area contributed by atoms with Gasteiger partial charge in [0.2, 0.25) is 0 Å². The minimum Gasteiger partial charge on any atom is -0.758 e. The molecular weight excluding hydrogens is 190 g/mol. The van der Waals surface area contributed by atoms with Crippen molar-refractivity contribution in [1.29, 1.82) is 0 Å². The van der Waals surface area contributed by atoms with Gasteiger partial charge in [-0.25, -0.2) is 0 Å². The summed E-state index contributed by atoms with van der Waals surface area (Å²) in [5.41, 5.74) is 1.80. The maximum Gasteiger partial charge on any atom is 0.0479 e. The van der Waals surface area contributed by atoms with Crippen LogP contribution in [0.1, 0.15) is 12.0 Å². The van der Waals surface area contributed by atoms with Crippen molar-refractivity contribution in [1.82, 2.24) is 5.06 Å². The molecule has 0 saturated carbocycles. The Morgan fingerprint density at radius 3 is 2.73 bits per heavy atom. The lowest BCUT2D eigenvalue weighted by Crippen LogP contribution is -2.12. The minimum atomic E-state index is 0.0882. The van der Waals surface area contributed by atoms with Gasteiger partial charge in [0.05, 0.1) is 0 Å². The zero-order valence-electron chi connectivity index (χ0n) is 8.47. The molecule has 1 aliphatic rings. The van der Waals surface area contributed by atoms with E-state index >= 15 is 0 Å². The molecule has 1 unspecified atom stereocenters. The molecule has 1 atom stereocenters. The van der Waals surface area contributed by atoms with E-state index in [1.165, 1.54) is 0 Å². The Morgan fingerprint density at radius 1 is 1.40 bits per heavy atom. The molecule has 0 aromatic heterocycles. The molecule has 1 aromatic carbocycles. The first kappa shape index (κ1) is 10.2. The highest BCUT2D eigenvalue weighted by molar-refractivity contribution is 5.52. The average molecular weight is 204 g/mol. The van der Waals surface area contributed by atoms with Gasteiger partial charge in [-0.1, -0.05) is 30.3 Å². The third-order valence-corrected chi connectivity index (χ3v) is 2.63. The van der Waals surface area contributed by atoms with E-state index in [2.05, 4.69) is 0 Å². The zero-order chi connectivity index (χ0) is 10.7. The van der Waals surface area contributed by atoms with Crippen LogP contribution >= 0.6 is 0 Å². The molecule has 3 heteroatoms. The fourth-order valence-corrected chi connectivity index (χ4v) is 1.81. The number of hydrogen-bond donors (Lipinski definition) is 1. The highest BCUT2D eigenvalue weighted by Gasteiger charge is 2.19. The number of aliphatic hydroxyl groups is 1. The van der Waals surface area contributed by atoms with Crippen molar-refractivity contribution in [3.63, 3.8) is 0 Å². The largest absolute Gasteiger partial charge is 0.758 e. The summed E-state index contributed by atoms with van der Waals surface area (Å²) in [5, 5.41) is 21.4. The van der Waals surface area contributed by atoms with Gasteiger partial charge in [0.25, 0.3) is 0 Å². The first-order chi connectivity index (χ1) is 7.29. The molecule has 0 amide bonds. The van der Waals surface area contributed by atoms with E-state index in [0.717, 1.165) is 16.3 Å². The van der Waals surface area contributed by atoms with Crippen LogP contribution in [0.3, 0.4) is 0 Å². The molecular formula is C12H14NO2-. The van der Waals surface area contributed by atoms with Crippen molar-refractivity contribution in [2.75, 3.05) is 13.2 Å². The maximum atomic E-state index is 11.5. The molecule has 3 nitrogen and oxygen atoms in total. The second kappa shape index (κ2) is 4.47. The summed E-state index contributed by atoms with van der Waals surface area (Å²) in [6.45, 7) is 0.500. The Balaban J connectivity index is 2.14. The predicted octanol–water partition coefficient (Wildman–Crippen LogP) is 1.84. The predicted molar refractivity (Wildman–Crippen MR) is 59.7 cm³/mol. The lowest BCUT2D eigenvalue weighted by Gasteiger charge is -2.26. The summed E-state index contributed by atoms with van der Waals surface area (Å²) in [5.74, 6) is 0.0949. The highest BCUT2D eigenvalue weighted by Crippen LogP contribution is 2.26.